The van der Waals surface area contributed by atoms with E-state index in [2.05, 4.69) is 15.3 Å². The van der Waals surface area contributed by atoms with Crippen LogP contribution in [0.25, 0.3) is 0 Å². The maximum Gasteiger partial charge on any atom is 0.326 e. The van der Waals surface area contributed by atoms with Crippen LogP contribution in [-0.2, 0) is 9.59 Å². The average molecular weight is 254 g/mol. The fourth-order valence-corrected chi connectivity index (χ4v) is 1.20. The molecule has 8 heteroatoms. The van der Waals surface area contributed by atoms with E-state index in [9.17, 15) is 9.59 Å². The molecule has 0 aliphatic carbocycles. The molecule has 3 N–H and O–H groups in total. The van der Waals surface area contributed by atoms with Gasteiger partial charge in [0.05, 0.1) is 6.42 Å². The summed E-state index contributed by atoms with van der Waals surface area (Å²) in [6, 6.07) is 0.248. The zero-order chi connectivity index (χ0) is 13.7. The van der Waals surface area contributed by atoms with Crippen LogP contribution < -0.4 is 10.2 Å². The van der Waals surface area contributed by atoms with E-state index in [-0.39, 0.29) is 5.82 Å². The number of hydrogen-bond acceptors (Lipinski definition) is 6. The molecular formula is C10H14N4O4. The molecule has 1 heterocycles. The second kappa shape index (κ2) is 5.80. The molecule has 0 aliphatic rings. The summed E-state index contributed by atoms with van der Waals surface area (Å²) in [5.74, 6) is -1.78. The lowest BCUT2D eigenvalue weighted by Gasteiger charge is -2.15. The van der Waals surface area contributed by atoms with Crippen LogP contribution in [0.1, 0.15) is 6.42 Å². The van der Waals surface area contributed by atoms with Crippen LogP contribution >= 0.6 is 0 Å². The summed E-state index contributed by atoms with van der Waals surface area (Å²) in [6.07, 6.45) is 0.932. The molecule has 18 heavy (non-hydrogen) atoms. The number of carbonyl (C=O) groups is 2. The minimum atomic E-state index is -1.25. The first-order valence-corrected chi connectivity index (χ1v) is 5.11. The molecule has 1 atom stereocenters. The maximum absolute atomic E-state index is 10.9. The molecule has 0 spiro atoms. The van der Waals surface area contributed by atoms with Crippen LogP contribution in [-0.4, -0.2) is 52.3 Å². The Labute approximate surface area is 103 Å². The first-order valence-electron chi connectivity index (χ1n) is 5.11. The Morgan fingerprint density at radius 3 is 2.61 bits per heavy atom. The summed E-state index contributed by atoms with van der Waals surface area (Å²) in [7, 11) is 3.48. The normalized spacial score (nSPS) is 11.7. The van der Waals surface area contributed by atoms with Crippen LogP contribution in [0.15, 0.2) is 12.3 Å². The van der Waals surface area contributed by atoms with Gasteiger partial charge in [-0.3, -0.25) is 4.79 Å². The second-order valence-corrected chi connectivity index (χ2v) is 3.77. The van der Waals surface area contributed by atoms with Crippen molar-refractivity contribution in [3.63, 3.8) is 0 Å². The predicted molar refractivity (Wildman–Crippen MR) is 63.7 cm³/mol. The Morgan fingerprint density at radius 1 is 1.44 bits per heavy atom. The smallest absolute Gasteiger partial charge is 0.326 e. The standard InChI is InChI=1S/C10H14N4O4/c1-14(2)10-11-4-3-7(13-10)12-6(9(17)18)5-8(15)16/h3-4,6H,5H2,1-2H3,(H,15,16)(H,17,18)(H,11,12,13). The van der Waals surface area contributed by atoms with Crippen molar-refractivity contribution in [1.82, 2.24) is 9.97 Å². The molecule has 98 valence electrons. The van der Waals surface area contributed by atoms with Gasteiger partial charge < -0.3 is 20.4 Å². The summed E-state index contributed by atoms with van der Waals surface area (Å²) in [4.78, 5) is 31.1. The number of aromatic nitrogens is 2. The number of anilines is 2. The fraction of sp³-hybridized carbons (Fsp3) is 0.400. The number of hydrogen-bond donors (Lipinski definition) is 3. The Bertz CT molecular complexity index is 449. The van der Waals surface area contributed by atoms with Gasteiger partial charge in [-0.25, -0.2) is 9.78 Å². The Kier molecular flexibility index (Phi) is 4.41. The molecule has 1 unspecified atom stereocenters. The number of aliphatic carboxylic acids is 2. The van der Waals surface area contributed by atoms with Gasteiger partial charge in [-0.15, -0.1) is 0 Å². The van der Waals surface area contributed by atoms with Crippen molar-refractivity contribution in [3.05, 3.63) is 12.3 Å². The van der Waals surface area contributed by atoms with E-state index >= 15 is 0 Å². The van der Waals surface area contributed by atoms with E-state index in [1.54, 1.807) is 19.0 Å². The van der Waals surface area contributed by atoms with E-state index in [1.807, 2.05) is 0 Å². The van der Waals surface area contributed by atoms with Gasteiger partial charge in [0.2, 0.25) is 5.95 Å². The van der Waals surface area contributed by atoms with E-state index in [0.717, 1.165) is 0 Å². The van der Waals surface area contributed by atoms with Gasteiger partial charge in [0.25, 0.3) is 0 Å². The highest BCUT2D eigenvalue weighted by molar-refractivity contribution is 5.83. The average Bonchev–Trinajstić information content (AvgIpc) is 2.27. The third kappa shape index (κ3) is 3.89. The number of nitrogens with one attached hydrogen (secondary N) is 1. The third-order valence-corrected chi connectivity index (χ3v) is 2.04. The molecule has 0 saturated carbocycles. The van der Waals surface area contributed by atoms with Gasteiger partial charge >= 0.3 is 11.9 Å². The first kappa shape index (κ1) is 13.7. The molecule has 8 nitrogen and oxygen atoms in total. The SMILES string of the molecule is CN(C)c1nccc(NC(CC(=O)O)C(=O)O)n1. The van der Waals surface area contributed by atoms with Crippen LogP contribution in [0, 0.1) is 0 Å². The third-order valence-electron chi connectivity index (χ3n) is 2.04. The highest BCUT2D eigenvalue weighted by atomic mass is 16.4. The van der Waals surface area contributed by atoms with Gasteiger partial charge in [-0.1, -0.05) is 0 Å². The maximum atomic E-state index is 10.9. The van der Waals surface area contributed by atoms with Crippen molar-refractivity contribution in [2.24, 2.45) is 0 Å². The lowest BCUT2D eigenvalue weighted by atomic mass is 10.2. The summed E-state index contributed by atoms with van der Waals surface area (Å²) in [6.45, 7) is 0. The zero-order valence-electron chi connectivity index (χ0n) is 9.99. The predicted octanol–water partition coefficient (Wildman–Crippen LogP) is -0.118. The highest BCUT2D eigenvalue weighted by Crippen LogP contribution is 2.10. The van der Waals surface area contributed by atoms with Crippen LogP contribution in [0.5, 0.6) is 0 Å². The van der Waals surface area contributed by atoms with E-state index in [1.165, 1.54) is 12.3 Å². The zero-order valence-corrected chi connectivity index (χ0v) is 9.99. The van der Waals surface area contributed by atoms with Crippen molar-refractivity contribution in [2.45, 2.75) is 12.5 Å². The number of rotatable bonds is 6. The minimum Gasteiger partial charge on any atom is -0.481 e. The Morgan fingerprint density at radius 2 is 2.11 bits per heavy atom. The molecule has 0 aliphatic heterocycles. The van der Waals surface area contributed by atoms with Crippen LogP contribution in [0.3, 0.4) is 0 Å². The molecular weight excluding hydrogens is 240 g/mol. The van der Waals surface area contributed by atoms with Crippen molar-refractivity contribution in [1.29, 1.82) is 0 Å². The summed E-state index contributed by atoms with van der Waals surface area (Å²) < 4.78 is 0. The summed E-state index contributed by atoms with van der Waals surface area (Å²) in [5.41, 5.74) is 0. The summed E-state index contributed by atoms with van der Waals surface area (Å²) in [5, 5.41) is 20.0. The van der Waals surface area contributed by atoms with Crippen LogP contribution in [0.2, 0.25) is 0 Å². The van der Waals surface area contributed by atoms with E-state index in [0.29, 0.717) is 5.95 Å². The van der Waals surface area contributed by atoms with Crippen molar-refractivity contribution >= 4 is 23.7 Å². The number of carboxylic acids is 2. The highest BCUT2D eigenvalue weighted by Gasteiger charge is 2.21. The molecule has 0 fully saturated rings. The van der Waals surface area contributed by atoms with Crippen LogP contribution in [0.4, 0.5) is 11.8 Å². The first-order chi connectivity index (χ1) is 8.40. The fourth-order valence-electron chi connectivity index (χ4n) is 1.20. The number of nitrogens with zero attached hydrogens (tertiary/aromatic N) is 3. The summed E-state index contributed by atoms with van der Waals surface area (Å²) >= 11 is 0. The quantitative estimate of drug-likeness (QED) is 0.643. The van der Waals surface area contributed by atoms with Gasteiger partial charge in [0.1, 0.15) is 11.9 Å². The topological polar surface area (TPSA) is 116 Å². The van der Waals surface area contributed by atoms with Crippen molar-refractivity contribution in [2.75, 3.05) is 24.3 Å². The lowest BCUT2D eigenvalue weighted by molar-refractivity contribution is -0.144. The molecule has 0 amide bonds. The lowest BCUT2D eigenvalue weighted by Crippen LogP contribution is -2.32. The Balaban J connectivity index is 2.83. The molecule has 1 aromatic heterocycles. The molecule has 0 aromatic carbocycles. The molecule has 1 rings (SSSR count). The molecule has 0 saturated heterocycles. The molecule has 0 bridgehead atoms. The molecule has 0 radical (unpaired) electrons. The van der Waals surface area contributed by atoms with Crippen molar-refractivity contribution < 1.29 is 19.8 Å². The molecule has 1 aromatic rings. The monoisotopic (exact) mass is 254 g/mol. The van der Waals surface area contributed by atoms with Gasteiger partial charge in [0, 0.05) is 20.3 Å². The van der Waals surface area contributed by atoms with E-state index in [4.69, 9.17) is 10.2 Å². The van der Waals surface area contributed by atoms with Gasteiger partial charge in [0.15, 0.2) is 0 Å². The van der Waals surface area contributed by atoms with Gasteiger partial charge in [-0.2, -0.15) is 4.98 Å². The van der Waals surface area contributed by atoms with Gasteiger partial charge in [-0.05, 0) is 6.07 Å². The number of carboxylic acid groups (broad SMARTS) is 2. The van der Waals surface area contributed by atoms with E-state index < -0.39 is 24.4 Å². The second-order valence-electron chi connectivity index (χ2n) is 3.77. The Hall–Kier alpha value is -2.38. The minimum absolute atomic E-state index is 0.266. The van der Waals surface area contributed by atoms with Crippen molar-refractivity contribution in [3.8, 4) is 0 Å². The largest absolute Gasteiger partial charge is 0.481 e.